The number of anilines is 2. The average Bonchev–Trinajstić information content (AvgIpc) is 3.14. The van der Waals surface area contributed by atoms with Gasteiger partial charge < -0.3 is 5.73 Å². The predicted molar refractivity (Wildman–Crippen MR) is 136 cm³/mol. The third kappa shape index (κ3) is 5.27. The standard InChI is InChI=1S/C21H18N8O2S3/c1-14-18(19(22)29(26-14)16-6-3-2-4-7-16)20(32)33-28-25-15-8-10-17(11-9-15)34(30,31)27-21-23-12-5-13-24-21/h2-13H,22H2,1H3,(H,23,24,27). The molecule has 172 valence electrons. The number of nitrogens with two attached hydrogens (primary N) is 1. The van der Waals surface area contributed by atoms with Gasteiger partial charge in [0.15, 0.2) is 0 Å². The van der Waals surface area contributed by atoms with Gasteiger partial charge in [0.05, 0.1) is 27.5 Å². The summed E-state index contributed by atoms with van der Waals surface area (Å²) in [6.45, 7) is 1.82. The first-order valence-electron chi connectivity index (χ1n) is 9.78. The van der Waals surface area contributed by atoms with E-state index in [4.69, 9.17) is 18.0 Å². The number of para-hydroxylation sites is 1. The summed E-state index contributed by atoms with van der Waals surface area (Å²) in [5.74, 6) is 0.405. The van der Waals surface area contributed by atoms with Gasteiger partial charge in [-0.3, -0.25) is 0 Å². The highest BCUT2D eigenvalue weighted by molar-refractivity contribution is 8.22. The maximum absolute atomic E-state index is 12.5. The van der Waals surface area contributed by atoms with E-state index in [1.807, 2.05) is 37.3 Å². The average molecular weight is 511 g/mol. The molecule has 4 rings (SSSR count). The number of hydrogen-bond acceptors (Lipinski definition) is 10. The molecule has 34 heavy (non-hydrogen) atoms. The monoisotopic (exact) mass is 510 g/mol. The Kier molecular flexibility index (Phi) is 6.95. The molecule has 0 saturated heterocycles. The van der Waals surface area contributed by atoms with Crippen molar-refractivity contribution >= 4 is 55.8 Å². The van der Waals surface area contributed by atoms with Gasteiger partial charge in [0.25, 0.3) is 10.0 Å². The fourth-order valence-corrected chi connectivity index (χ4v) is 4.80. The van der Waals surface area contributed by atoms with E-state index in [1.54, 1.807) is 10.7 Å². The number of hydrogen-bond donors (Lipinski definition) is 2. The van der Waals surface area contributed by atoms with Crippen LogP contribution in [0.2, 0.25) is 0 Å². The van der Waals surface area contributed by atoms with Crippen molar-refractivity contribution in [2.24, 2.45) is 9.63 Å². The first-order chi connectivity index (χ1) is 16.3. The highest BCUT2D eigenvalue weighted by atomic mass is 32.2. The van der Waals surface area contributed by atoms with Crippen molar-refractivity contribution in [1.29, 1.82) is 0 Å². The summed E-state index contributed by atoms with van der Waals surface area (Å²) in [4.78, 5) is 7.75. The molecular weight excluding hydrogens is 492 g/mol. The molecule has 0 bridgehead atoms. The number of aryl methyl sites for hydroxylation is 1. The van der Waals surface area contributed by atoms with Crippen LogP contribution in [0.3, 0.4) is 0 Å². The highest BCUT2D eigenvalue weighted by Crippen LogP contribution is 2.28. The van der Waals surface area contributed by atoms with Crippen molar-refractivity contribution in [3.8, 4) is 5.69 Å². The molecule has 0 amide bonds. The molecule has 0 aliphatic rings. The number of nitrogens with one attached hydrogen (secondary N) is 1. The second-order valence-corrected chi connectivity index (χ2v) is 9.93. The van der Waals surface area contributed by atoms with Gasteiger partial charge in [-0.25, -0.2) is 27.8 Å². The molecule has 0 aliphatic carbocycles. The summed E-state index contributed by atoms with van der Waals surface area (Å²) >= 11 is 6.46. The predicted octanol–water partition coefficient (Wildman–Crippen LogP) is 4.46. The van der Waals surface area contributed by atoms with Crippen LogP contribution in [0.15, 0.2) is 87.6 Å². The van der Waals surface area contributed by atoms with Crippen molar-refractivity contribution < 1.29 is 8.42 Å². The van der Waals surface area contributed by atoms with E-state index < -0.39 is 10.0 Å². The first-order valence-corrected chi connectivity index (χ1v) is 12.4. The van der Waals surface area contributed by atoms with E-state index in [9.17, 15) is 8.42 Å². The second kappa shape index (κ2) is 10.1. The fourth-order valence-electron chi connectivity index (χ4n) is 2.94. The van der Waals surface area contributed by atoms with Crippen molar-refractivity contribution in [1.82, 2.24) is 19.7 Å². The van der Waals surface area contributed by atoms with E-state index in [0.29, 0.717) is 27.0 Å². The number of nitrogen functional groups attached to an aromatic ring is 1. The molecule has 0 unspecified atom stereocenters. The van der Waals surface area contributed by atoms with Crippen LogP contribution < -0.4 is 10.5 Å². The summed E-state index contributed by atoms with van der Waals surface area (Å²) in [5, 5.41) is 8.57. The smallest absolute Gasteiger partial charge is 0.264 e. The molecule has 13 heteroatoms. The van der Waals surface area contributed by atoms with E-state index in [0.717, 1.165) is 17.6 Å². The van der Waals surface area contributed by atoms with E-state index in [-0.39, 0.29) is 10.8 Å². The van der Waals surface area contributed by atoms with E-state index in [1.165, 1.54) is 36.7 Å². The van der Waals surface area contributed by atoms with Gasteiger partial charge in [-0.2, -0.15) is 5.10 Å². The van der Waals surface area contributed by atoms with Gasteiger partial charge in [0, 0.05) is 24.3 Å². The van der Waals surface area contributed by atoms with Crippen LogP contribution in [-0.2, 0) is 10.0 Å². The Balaban J connectivity index is 1.43. The SMILES string of the molecule is Cc1nn(-c2ccccc2)c(N)c1C(=S)SN=Nc1ccc(S(=O)(=O)Nc2ncccn2)cc1. The number of benzene rings is 2. The maximum atomic E-state index is 12.5. The van der Waals surface area contributed by atoms with Gasteiger partial charge >= 0.3 is 0 Å². The Bertz CT molecular complexity index is 1440. The van der Waals surface area contributed by atoms with Crippen molar-refractivity contribution in [2.45, 2.75) is 11.8 Å². The molecule has 0 atom stereocenters. The van der Waals surface area contributed by atoms with Gasteiger partial charge in [0.2, 0.25) is 5.95 Å². The largest absolute Gasteiger partial charge is 0.383 e. The van der Waals surface area contributed by atoms with Crippen molar-refractivity contribution in [3.63, 3.8) is 0 Å². The molecular formula is C21H18N8O2S3. The Morgan fingerprint density at radius 3 is 2.41 bits per heavy atom. The minimum Gasteiger partial charge on any atom is -0.383 e. The lowest BCUT2D eigenvalue weighted by molar-refractivity contribution is 0.601. The molecule has 4 aromatic rings. The number of sulfonamides is 1. The Morgan fingerprint density at radius 2 is 1.74 bits per heavy atom. The zero-order chi connectivity index (χ0) is 24.1. The normalized spacial score (nSPS) is 11.6. The van der Waals surface area contributed by atoms with E-state index >= 15 is 0 Å². The number of rotatable bonds is 7. The van der Waals surface area contributed by atoms with Gasteiger partial charge in [-0.1, -0.05) is 30.4 Å². The Hall–Kier alpha value is -3.68. The zero-order valence-electron chi connectivity index (χ0n) is 17.7. The summed E-state index contributed by atoms with van der Waals surface area (Å²) in [5.41, 5.74) is 8.87. The van der Waals surface area contributed by atoms with Crippen LogP contribution in [0.1, 0.15) is 11.3 Å². The third-order valence-electron chi connectivity index (χ3n) is 4.52. The molecule has 2 heterocycles. The summed E-state index contributed by atoms with van der Waals surface area (Å²) in [6.07, 6.45) is 2.89. The number of nitrogens with zero attached hydrogens (tertiary/aromatic N) is 6. The van der Waals surface area contributed by atoms with Crippen LogP contribution >= 0.6 is 24.2 Å². The highest BCUT2D eigenvalue weighted by Gasteiger charge is 2.18. The number of aromatic nitrogens is 4. The molecule has 0 spiro atoms. The van der Waals surface area contributed by atoms with Crippen LogP contribution in [0, 0.1) is 6.92 Å². The Labute approximate surface area is 205 Å². The summed E-state index contributed by atoms with van der Waals surface area (Å²) in [7, 11) is -3.83. The first kappa shape index (κ1) is 23.5. The van der Waals surface area contributed by atoms with Gasteiger partial charge in [0.1, 0.15) is 10.0 Å². The van der Waals surface area contributed by atoms with Crippen molar-refractivity contribution in [2.75, 3.05) is 10.5 Å². The molecule has 10 nitrogen and oxygen atoms in total. The Morgan fingerprint density at radius 1 is 1.06 bits per heavy atom. The maximum Gasteiger partial charge on any atom is 0.264 e. The lowest BCUT2D eigenvalue weighted by Gasteiger charge is -2.06. The van der Waals surface area contributed by atoms with Crippen LogP contribution in [-0.4, -0.2) is 32.4 Å². The minimum atomic E-state index is -3.83. The number of thiocarbonyl (C=S) groups is 1. The molecule has 0 radical (unpaired) electrons. The molecule has 2 aromatic heterocycles. The zero-order valence-corrected chi connectivity index (χ0v) is 20.2. The van der Waals surface area contributed by atoms with Gasteiger partial charge in [-0.15, -0.1) is 9.63 Å². The molecule has 0 aliphatic heterocycles. The lowest BCUT2D eigenvalue weighted by atomic mass is 10.2. The summed E-state index contributed by atoms with van der Waals surface area (Å²) in [6, 6.07) is 17.0. The fraction of sp³-hybridized carbons (Fsp3) is 0.0476. The summed E-state index contributed by atoms with van der Waals surface area (Å²) < 4.78 is 33.3. The van der Waals surface area contributed by atoms with E-state index in [2.05, 4.69) is 29.4 Å². The molecule has 0 fully saturated rings. The molecule has 0 saturated carbocycles. The van der Waals surface area contributed by atoms with Crippen LogP contribution in [0.25, 0.3) is 5.69 Å². The van der Waals surface area contributed by atoms with Crippen molar-refractivity contribution in [3.05, 3.63) is 84.3 Å². The quantitative estimate of drug-likeness (QED) is 0.211. The van der Waals surface area contributed by atoms with Crippen LogP contribution in [0.4, 0.5) is 17.5 Å². The second-order valence-electron chi connectivity index (χ2n) is 6.83. The topological polar surface area (TPSA) is 141 Å². The molecule has 2 aromatic carbocycles. The lowest BCUT2D eigenvalue weighted by Crippen LogP contribution is -2.14. The molecule has 3 N–H and O–H groups in total. The third-order valence-corrected chi connectivity index (χ3v) is 6.82. The van der Waals surface area contributed by atoms with Crippen LogP contribution in [0.5, 0.6) is 0 Å². The minimum absolute atomic E-state index is 0.0127. The van der Waals surface area contributed by atoms with Gasteiger partial charge in [-0.05, 0) is 49.4 Å².